The molecule has 0 fully saturated rings. The predicted molar refractivity (Wildman–Crippen MR) is 84.3 cm³/mol. The van der Waals surface area contributed by atoms with Crippen LogP contribution in [0.1, 0.15) is 23.2 Å². The minimum absolute atomic E-state index is 0.0923. The van der Waals surface area contributed by atoms with Gasteiger partial charge in [0.1, 0.15) is 10.7 Å². The van der Waals surface area contributed by atoms with Gasteiger partial charge in [-0.1, -0.05) is 0 Å². The topological polar surface area (TPSA) is 132 Å². The van der Waals surface area contributed by atoms with Gasteiger partial charge in [-0.25, -0.2) is 0 Å². The Morgan fingerprint density at radius 2 is 2.21 bits per heavy atom. The molecule has 2 rings (SSSR count). The van der Waals surface area contributed by atoms with Crippen molar-refractivity contribution in [1.29, 1.82) is 0 Å². The number of aryl methyl sites for hydroxylation is 1. The zero-order chi connectivity index (χ0) is 17.7. The Bertz CT molecular complexity index is 804. The fraction of sp³-hybridized carbons (Fsp3) is 0.214. The van der Waals surface area contributed by atoms with Crippen LogP contribution in [-0.4, -0.2) is 33.6 Å². The van der Waals surface area contributed by atoms with E-state index in [2.05, 4.69) is 15.7 Å². The summed E-state index contributed by atoms with van der Waals surface area (Å²) in [4.78, 5) is 33.5. The number of nitrogens with one attached hydrogen (secondary N) is 2. The van der Waals surface area contributed by atoms with Gasteiger partial charge >= 0.3 is 5.88 Å². The van der Waals surface area contributed by atoms with E-state index in [1.165, 1.54) is 36.1 Å². The van der Waals surface area contributed by atoms with Gasteiger partial charge in [-0.15, -0.1) is 0 Å². The lowest BCUT2D eigenvalue weighted by molar-refractivity contribution is -0.402. The summed E-state index contributed by atoms with van der Waals surface area (Å²) in [6, 6.07) is 2.56. The van der Waals surface area contributed by atoms with Crippen molar-refractivity contribution in [2.75, 3.05) is 12.4 Å². The van der Waals surface area contributed by atoms with Gasteiger partial charge < -0.3 is 15.1 Å². The molecule has 126 valence electrons. The van der Waals surface area contributed by atoms with Gasteiger partial charge in [-0.2, -0.15) is 5.10 Å². The third-order valence-corrected chi connectivity index (χ3v) is 2.98. The Labute approximate surface area is 136 Å². The number of nitro groups is 1. The van der Waals surface area contributed by atoms with Crippen molar-refractivity contribution in [3.8, 4) is 0 Å². The van der Waals surface area contributed by atoms with Gasteiger partial charge in [0.25, 0.3) is 5.91 Å². The Morgan fingerprint density at radius 1 is 1.46 bits per heavy atom. The largest absolute Gasteiger partial charge is 0.433 e. The molecule has 2 heterocycles. The van der Waals surface area contributed by atoms with Crippen LogP contribution in [0.3, 0.4) is 0 Å². The molecule has 2 aromatic heterocycles. The molecule has 0 aliphatic rings. The highest BCUT2D eigenvalue weighted by atomic mass is 16.6. The van der Waals surface area contributed by atoms with Crippen molar-refractivity contribution >= 4 is 29.5 Å². The normalized spacial score (nSPS) is 10.8. The van der Waals surface area contributed by atoms with Gasteiger partial charge in [0.05, 0.1) is 11.8 Å². The Balaban J connectivity index is 2.11. The van der Waals surface area contributed by atoms with E-state index in [-0.39, 0.29) is 17.1 Å². The maximum absolute atomic E-state index is 11.9. The first kappa shape index (κ1) is 16.9. The van der Waals surface area contributed by atoms with Crippen LogP contribution in [0.5, 0.6) is 0 Å². The number of carbonyl (C=O) groups excluding carboxylic acids is 2. The fourth-order valence-electron chi connectivity index (χ4n) is 1.82. The van der Waals surface area contributed by atoms with Gasteiger partial charge in [0.15, 0.2) is 5.69 Å². The number of hydrogen-bond acceptors (Lipinski definition) is 6. The molecule has 0 radical (unpaired) electrons. The summed E-state index contributed by atoms with van der Waals surface area (Å²) >= 11 is 0. The zero-order valence-corrected chi connectivity index (χ0v) is 13.0. The van der Waals surface area contributed by atoms with Crippen molar-refractivity contribution < 1.29 is 18.9 Å². The predicted octanol–water partition coefficient (Wildman–Crippen LogP) is 1.42. The van der Waals surface area contributed by atoms with Crippen LogP contribution in [0.15, 0.2) is 28.8 Å². The Kier molecular flexibility index (Phi) is 5.09. The second-order valence-corrected chi connectivity index (χ2v) is 4.58. The van der Waals surface area contributed by atoms with Crippen molar-refractivity contribution in [2.24, 2.45) is 0 Å². The summed E-state index contributed by atoms with van der Waals surface area (Å²) in [7, 11) is 1.46. The van der Waals surface area contributed by atoms with Crippen molar-refractivity contribution in [2.45, 2.75) is 13.5 Å². The minimum atomic E-state index is -0.674. The Hall–Kier alpha value is -3.43. The van der Waals surface area contributed by atoms with Crippen LogP contribution in [0.2, 0.25) is 0 Å². The second-order valence-electron chi connectivity index (χ2n) is 4.58. The maximum Gasteiger partial charge on any atom is 0.433 e. The van der Waals surface area contributed by atoms with E-state index in [4.69, 9.17) is 4.42 Å². The fourth-order valence-corrected chi connectivity index (χ4v) is 1.82. The van der Waals surface area contributed by atoms with Crippen LogP contribution in [0.25, 0.3) is 6.08 Å². The molecule has 2 N–H and O–H groups in total. The summed E-state index contributed by atoms with van der Waals surface area (Å²) in [6.07, 6.45) is 3.96. The molecule has 0 atom stereocenters. The zero-order valence-electron chi connectivity index (χ0n) is 13.0. The SMILES string of the molecule is CCn1cc(NC(=O)/C=C/c2ccc([N+](=O)[O-])o2)c(C(=O)NC)n1. The molecule has 0 aliphatic heterocycles. The summed E-state index contributed by atoms with van der Waals surface area (Å²) in [5.41, 5.74) is 0.353. The highest BCUT2D eigenvalue weighted by Gasteiger charge is 2.16. The molecule has 0 aliphatic carbocycles. The molecule has 24 heavy (non-hydrogen) atoms. The quantitative estimate of drug-likeness (QED) is 0.466. The summed E-state index contributed by atoms with van der Waals surface area (Å²) in [5, 5.41) is 19.6. The van der Waals surface area contributed by atoms with E-state index < -0.39 is 22.6 Å². The Morgan fingerprint density at radius 3 is 2.79 bits per heavy atom. The number of nitrogens with zero attached hydrogens (tertiary/aromatic N) is 3. The molecule has 0 saturated heterocycles. The van der Waals surface area contributed by atoms with Crippen LogP contribution in [0, 0.1) is 10.1 Å². The number of anilines is 1. The van der Waals surface area contributed by atoms with E-state index in [9.17, 15) is 19.7 Å². The van der Waals surface area contributed by atoms with E-state index in [1.54, 1.807) is 0 Å². The highest BCUT2D eigenvalue weighted by molar-refractivity contribution is 6.06. The summed E-state index contributed by atoms with van der Waals surface area (Å²) < 4.78 is 6.41. The molecule has 0 unspecified atom stereocenters. The van der Waals surface area contributed by atoms with Gasteiger partial charge in [0.2, 0.25) is 5.91 Å². The van der Waals surface area contributed by atoms with E-state index >= 15 is 0 Å². The lowest BCUT2D eigenvalue weighted by atomic mass is 10.3. The molecule has 0 spiro atoms. The molecule has 2 amide bonds. The van der Waals surface area contributed by atoms with Gasteiger partial charge in [-0.05, 0) is 19.1 Å². The number of rotatable bonds is 6. The standard InChI is InChI=1S/C14H15N5O5/c1-3-18-8-10(13(17-18)14(21)15-2)16-11(20)6-4-9-5-7-12(24-9)19(22)23/h4-8H,3H2,1-2H3,(H,15,21)(H,16,20)/b6-4+. The van der Waals surface area contributed by atoms with Crippen LogP contribution < -0.4 is 10.6 Å². The summed E-state index contributed by atoms with van der Waals surface area (Å²) in [5.74, 6) is -1.22. The number of furan rings is 1. The smallest absolute Gasteiger partial charge is 0.401 e. The van der Waals surface area contributed by atoms with E-state index in [1.807, 2.05) is 6.92 Å². The molecule has 0 bridgehead atoms. The third-order valence-electron chi connectivity index (χ3n) is 2.98. The van der Waals surface area contributed by atoms with Crippen LogP contribution in [0.4, 0.5) is 11.6 Å². The maximum atomic E-state index is 11.9. The third kappa shape index (κ3) is 3.85. The number of amides is 2. The minimum Gasteiger partial charge on any atom is -0.401 e. The summed E-state index contributed by atoms with van der Waals surface area (Å²) in [6.45, 7) is 2.38. The van der Waals surface area contributed by atoms with Crippen molar-refractivity contribution in [3.63, 3.8) is 0 Å². The number of carbonyl (C=O) groups is 2. The van der Waals surface area contributed by atoms with Crippen LogP contribution >= 0.6 is 0 Å². The molecule has 2 aromatic rings. The lowest BCUT2D eigenvalue weighted by Gasteiger charge is -2.01. The second kappa shape index (κ2) is 7.22. The van der Waals surface area contributed by atoms with Gasteiger partial charge in [-0.3, -0.25) is 24.4 Å². The van der Waals surface area contributed by atoms with Crippen LogP contribution in [-0.2, 0) is 11.3 Å². The molecule has 10 heteroatoms. The number of aromatic nitrogens is 2. The molecule has 10 nitrogen and oxygen atoms in total. The molecule has 0 aromatic carbocycles. The van der Waals surface area contributed by atoms with Gasteiger partial charge in [0, 0.05) is 25.9 Å². The van der Waals surface area contributed by atoms with E-state index in [0.29, 0.717) is 6.54 Å². The van der Waals surface area contributed by atoms with Crippen molar-refractivity contribution in [3.05, 3.63) is 46.0 Å². The lowest BCUT2D eigenvalue weighted by Crippen LogP contribution is -2.21. The average Bonchev–Trinajstić information content (AvgIpc) is 3.19. The molecular weight excluding hydrogens is 318 g/mol. The first-order valence-electron chi connectivity index (χ1n) is 6.97. The highest BCUT2D eigenvalue weighted by Crippen LogP contribution is 2.17. The first-order valence-corrected chi connectivity index (χ1v) is 6.97. The molecular formula is C14H15N5O5. The van der Waals surface area contributed by atoms with E-state index in [0.717, 1.165) is 6.08 Å². The monoisotopic (exact) mass is 333 g/mol. The first-order chi connectivity index (χ1) is 11.4. The number of hydrogen-bond donors (Lipinski definition) is 2. The average molecular weight is 333 g/mol. The van der Waals surface area contributed by atoms with Crippen molar-refractivity contribution in [1.82, 2.24) is 15.1 Å². The molecule has 0 saturated carbocycles.